The number of fused-ring (bicyclic) bond motifs is 1. The number of nitrogens with zero attached hydrogens (tertiary/aromatic N) is 1. The van der Waals surface area contributed by atoms with Crippen LogP contribution in [-0.4, -0.2) is 30.6 Å². The van der Waals surface area contributed by atoms with Crippen molar-refractivity contribution in [1.29, 1.82) is 0 Å². The van der Waals surface area contributed by atoms with Gasteiger partial charge in [-0.05, 0) is 43.5 Å². The summed E-state index contributed by atoms with van der Waals surface area (Å²) in [5.74, 6) is 0.853. The van der Waals surface area contributed by atoms with Crippen molar-refractivity contribution in [3.63, 3.8) is 0 Å². The number of nitrogens with one attached hydrogen (secondary N) is 1. The topological polar surface area (TPSA) is 15.3 Å². The first-order valence-corrected chi connectivity index (χ1v) is 6.90. The molecule has 0 bridgehead atoms. The van der Waals surface area contributed by atoms with E-state index in [0.717, 1.165) is 30.1 Å². The molecular weight excluding hydrogens is 232 g/mol. The number of piperidine rings is 1. The summed E-state index contributed by atoms with van der Waals surface area (Å²) in [5.41, 5.74) is 1.27. The van der Waals surface area contributed by atoms with Gasteiger partial charge in [-0.3, -0.25) is 4.90 Å². The molecule has 2 atom stereocenters. The van der Waals surface area contributed by atoms with E-state index in [1.807, 2.05) is 12.1 Å². The lowest BCUT2D eigenvalue weighted by Gasteiger charge is -2.37. The van der Waals surface area contributed by atoms with Crippen molar-refractivity contribution in [2.45, 2.75) is 25.4 Å². The lowest BCUT2D eigenvalue weighted by molar-refractivity contribution is 0.117. The molecule has 0 amide bonds. The Morgan fingerprint density at radius 2 is 2.18 bits per heavy atom. The first kappa shape index (κ1) is 11.5. The van der Waals surface area contributed by atoms with Gasteiger partial charge in [0, 0.05) is 24.2 Å². The first-order chi connectivity index (χ1) is 8.34. The zero-order chi connectivity index (χ0) is 11.7. The minimum atomic E-state index is 0.722. The summed E-state index contributed by atoms with van der Waals surface area (Å²) in [7, 11) is 0. The molecule has 0 aliphatic carbocycles. The Kier molecular flexibility index (Phi) is 3.37. The van der Waals surface area contributed by atoms with Gasteiger partial charge in [-0.25, -0.2) is 0 Å². The van der Waals surface area contributed by atoms with Crippen molar-refractivity contribution < 1.29 is 0 Å². The third-order valence-electron chi connectivity index (χ3n) is 4.12. The van der Waals surface area contributed by atoms with E-state index >= 15 is 0 Å². The van der Waals surface area contributed by atoms with Crippen molar-refractivity contribution in [1.82, 2.24) is 10.2 Å². The predicted octanol–water partition coefficient (Wildman–Crippen LogP) is 2.52. The van der Waals surface area contributed by atoms with E-state index in [1.54, 1.807) is 0 Å². The van der Waals surface area contributed by atoms with Gasteiger partial charge < -0.3 is 5.32 Å². The van der Waals surface area contributed by atoms with Crippen LogP contribution in [0.15, 0.2) is 24.3 Å². The normalized spacial score (nSPS) is 29.2. The van der Waals surface area contributed by atoms with Crippen LogP contribution in [0.1, 0.15) is 18.4 Å². The minimum Gasteiger partial charge on any atom is -0.315 e. The standard InChI is InChI=1S/C14H19ClN2/c15-13-6-2-1-4-12(13)10-17-7-3-5-11-8-16-9-14(11)17/h1-2,4,6,11,14,16H,3,5,7-10H2. The zero-order valence-electron chi connectivity index (χ0n) is 10.0. The summed E-state index contributed by atoms with van der Waals surface area (Å²) < 4.78 is 0. The van der Waals surface area contributed by atoms with Gasteiger partial charge in [0.05, 0.1) is 0 Å². The van der Waals surface area contributed by atoms with Gasteiger partial charge in [-0.15, -0.1) is 0 Å². The number of hydrogen-bond donors (Lipinski definition) is 1. The predicted molar refractivity (Wildman–Crippen MR) is 71.2 cm³/mol. The van der Waals surface area contributed by atoms with Crippen LogP contribution in [0.3, 0.4) is 0 Å². The molecule has 0 spiro atoms. The van der Waals surface area contributed by atoms with Crippen molar-refractivity contribution >= 4 is 11.6 Å². The van der Waals surface area contributed by atoms with Gasteiger partial charge in [-0.1, -0.05) is 29.8 Å². The second-order valence-corrected chi connectivity index (χ2v) is 5.60. The summed E-state index contributed by atoms with van der Waals surface area (Å²) in [4.78, 5) is 2.61. The fourth-order valence-corrected chi connectivity index (χ4v) is 3.40. The lowest BCUT2D eigenvalue weighted by Crippen LogP contribution is -2.44. The number of rotatable bonds is 2. The van der Waals surface area contributed by atoms with Crippen molar-refractivity contribution in [3.8, 4) is 0 Å². The number of hydrogen-bond acceptors (Lipinski definition) is 2. The largest absolute Gasteiger partial charge is 0.315 e. The molecule has 0 aromatic heterocycles. The SMILES string of the molecule is Clc1ccccc1CN1CCCC2CNCC21. The minimum absolute atomic E-state index is 0.722. The third kappa shape index (κ3) is 2.35. The fourth-order valence-electron chi connectivity index (χ4n) is 3.21. The summed E-state index contributed by atoms with van der Waals surface area (Å²) in [6.45, 7) is 4.56. The molecule has 0 radical (unpaired) electrons. The second-order valence-electron chi connectivity index (χ2n) is 5.19. The van der Waals surface area contributed by atoms with E-state index in [9.17, 15) is 0 Å². The summed E-state index contributed by atoms with van der Waals surface area (Å²) in [6.07, 6.45) is 2.71. The van der Waals surface area contributed by atoms with Crippen molar-refractivity contribution in [2.75, 3.05) is 19.6 Å². The van der Waals surface area contributed by atoms with E-state index in [0.29, 0.717) is 0 Å². The van der Waals surface area contributed by atoms with Gasteiger partial charge in [0.2, 0.25) is 0 Å². The number of likely N-dealkylation sites (tertiary alicyclic amines) is 1. The lowest BCUT2D eigenvalue weighted by atomic mass is 9.91. The van der Waals surface area contributed by atoms with Gasteiger partial charge in [0.1, 0.15) is 0 Å². The van der Waals surface area contributed by atoms with Crippen LogP contribution in [0, 0.1) is 5.92 Å². The Labute approximate surface area is 108 Å². The first-order valence-electron chi connectivity index (χ1n) is 6.53. The average molecular weight is 251 g/mol. The highest BCUT2D eigenvalue weighted by Gasteiger charge is 2.34. The van der Waals surface area contributed by atoms with E-state index in [4.69, 9.17) is 11.6 Å². The molecule has 1 N–H and O–H groups in total. The quantitative estimate of drug-likeness (QED) is 0.868. The van der Waals surface area contributed by atoms with Gasteiger partial charge >= 0.3 is 0 Å². The Morgan fingerprint density at radius 3 is 3.06 bits per heavy atom. The molecule has 92 valence electrons. The molecule has 3 heteroatoms. The van der Waals surface area contributed by atoms with Crippen molar-refractivity contribution in [2.24, 2.45) is 5.92 Å². The molecule has 0 saturated carbocycles. The molecule has 3 rings (SSSR count). The van der Waals surface area contributed by atoms with Crippen LogP contribution in [0.2, 0.25) is 5.02 Å². The highest BCUT2D eigenvalue weighted by atomic mass is 35.5. The number of benzene rings is 1. The molecule has 1 aromatic carbocycles. The number of halogens is 1. The maximum Gasteiger partial charge on any atom is 0.0451 e. The molecule has 2 nitrogen and oxygen atoms in total. The van der Waals surface area contributed by atoms with Gasteiger partial charge in [-0.2, -0.15) is 0 Å². The van der Waals surface area contributed by atoms with Crippen LogP contribution < -0.4 is 5.32 Å². The Bertz CT molecular complexity index is 394. The van der Waals surface area contributed by atoms with Crippen LogP contribution in [0.5, 0.6) is 0 Å². The average Bonchev–Trinajstić information content (AvgIpc) is 2.81. The van der Waals surface area contributed by atoms with Crippen LogP contribution in [0.25, 0.3) is 0 Å². The molecule has 2 aliphatic rings. The smallest absolute Gasteiger partial charge is 0.0451 e. The van der Waals surface area contributed by atoms with E-state index in [2.05, 4.69) is 22.3 Å². The highest BCUT2D eigenvalue weighted by molar-refractivity contribution is 6.31. The fraction of sp³-hybridized carbons (Fsp3) is 0.571. The summed E-state index contributed by atoms with van der Waals surface area (Å²) in [6, 6.07) is 8.94. The molecule has 1 aromatic rings. The molecule has 2 saturated heterocycles. The van der Waals surface area contributed by atoms with Gasteiger partial charge in [0.25, 0.3) is 0 Å². The monoisotopic (exact) mass is 250 g/mol. The molecule has 2 aliphatic heterocycles. The summed E-state index contributed by atoms with van der Waals surface area (Å²) in [5, 5.41) is 4.42. The molecular formula is C14H19ClN2. The summed E-state index contributed by atoms with van der Waals surface area (Å²) >= 11 is 6.24. The van der Waals surface area contributed by atoms with Crippen LogP contribution >= 0.6 is 11.6 Å². The Morgan fingerprint density at radius 1 is 1.29 bits per heavy atom. The molecule has 2 unspecified atom stereocenters. The zero-order valence-corrected chi connectivity index (χ0v) is 10.8. The van der Waals surface area contributed by atoms with Crippen LogP contribution in [-0.2, 0) is 6.54 Å². The van der Waals surface area contributed by atoms with E-state index in [1.165, 1.54) is 31.5 Å². The van der Waals surface area contributed by atoms with Gasteiger partial charge in [0.15, 0.2) is 0 Å². The third-order valence-corrected chi connectivity index (χ3v) is 4.49. The second kappa shape index (κ2) is 4.97. The Hall–Kier alpha value is -0.570. The maximum absolute atomic E-state index is 6.24. The highest BCUT2D eigenvalue weighted by Crippen LogP contribution is 2.28. The Balaban J connectivity index is 1.74. The van der Waals surface area contributed by atoms with Crippen LogP contribution in [0.4, 0.5) is 0 Å². The molecule has 17 heavy (non-hydrogen) atoms. The van der Waals surface area contributed by atoms with Crippen molar-refractivity contribution in [3.05, 3.63) is 34.9 Å². The van der Waals surface area contributed by atoms with E-state index in [-0.39, 0.29) is 0 Å². The molecule has 2 heterocycles. The maximum atomic E-state index is 6.24. The van der Waals surface area contributed by atoms with E-state index < -0.39 is 0 Å². The molecule has 2 fully saturated rings.